The fraction of sp³-hybridized carbons (Fsp3) is 0.561. The summed E-state index contributed by atoms with van der Waals surface area (Å²) in [7, 11) is 1.65. The molecule has 1 fully saturated rings. The number of β-amino-alcohol motifs (C(OH)–C–C–N with tert-alkyl or cyclic N) is 1. The van der Waals surface area contributed by atoms with Crippen molar-refractivity contribution in [3.05, 3.63) is 81.5 Å². The molecule has 7 rings (SSSR count). The van der Waals surface area contributed by atoms with Gasteiger partial charge >= 0.3 is 0 Å². The van der Waals surface area contributed by atoms with Crippen molar-refractivity contribution in [1.29, 1.82) is 0 Å². The Bertz CT molecular complexity index is 1750. The molecular weight excluding hydrogens is 696 g/mol. The second kappa shape index (κ2) is 16.1. The number of hydrogen-bond acceptors (Lipinski definition) is 8. The number of carbonyl (C=O) groups is 1. The minimum absolute atomic E-state index is 0.103. The number of fused-ring (bicyclic) bond motifs is 4. The molecule has 3 aromatic rings. The molecule has 2 N–H and O–H groups in total. The lowest BCUT2D eigenvalue weighted by molar-refractivity contribution is -0.107. The van der Waals surface area contributed by atoms with Crippen LogP contribution in [0.15, 0.2) is 48.7 Å². The van der Waals surface area contributed by atoms with Crippen LogP contribution in [0.2, 0.25) is 5.02 Å². The highest BCUT2D eigenvalue weighted by atomic mass is 35.5. The van der Waals surface area contributed by atoms with Gasteiger partial charge in [0.25, 0.3) is 5.91 Å². The van der Waals surface area contributed by atoms with Crippen LogP contribution in [0.5, 0.6) is 11.6 Å². The Balaban J connectivity index is 1.21. The van der Waals surface area contributed by atoms with E-state index in [1.54, 1.807) is 13.2 Å². The highest BCUT2D eigenvalue weighted by Crippen LogP contribution is 2.47. The number of benzene rings is 2. The molecule has 9 nitrogen and oxygen atoms in total. The molecule has 1 saturated carbocycles. The maximum atomic E-state index is 13.6. The quantitative estimate of drug-likeness (QED) is 0.279. The van der Waals surface area contributed by atoms with Crippen molar-refractivity contribution in [3.8, 4) is 11.6 Å². The Morgan fingerprint density at radius 1 is 1.04 bits per heavy atom. The lowest BCUT2D eigenvalue weighted by Crippen LogP contribution is -2.56. The van der Waals surface area contributed by atoms with Crippen molar-refractivity contribution < 1.29 is 23.9 Å². The molecule has 0 radical (unpaired) electrons. The van der Waals surface area contributed by atoms with Crippen molar-refractivity contribution in [3.63, 3.8) is 0 Å². The first-order chi connectivity index (χ1) is 25.1. The SMILES string of the molecule is COc1cc2c(cn1)CCN(C[C@]1(O)CCC[C@H](C)[C@@H](C)[S+]([O-])NC(=O)c3ccc4c(c3)N(CCCCc3cc(Cl)ccc3CO4)C[C@@H]3CC[C@H]31)C2. The summed E-state index contributed by atoms with van der Waals surface area (Å²) in [6.07, 6.45) is 10.0. The van der Waals surface area contributed by atoms with E-state index in [1.165, 1.54) is 16.7 Å². The molecule has 11 heteroatoms. The van der Waals surface area contributed by atoms with E-state index >= 15 is 0 Å². The van der Waals surface area contributed by atoms with Crippen LogP contribution in [0, 0.1) is 17.8 Å². The summed E-state index contributed by atoms with van der Waals surface area (Å²) >= 11 is 4.84. The second-order valence-corrected chi connectivity index (χ2v) is 17.6. The summed E-state index contributed by atoms with van der Waals surface area (Å²) in [5, 5.41) is 13.4. The number of amides is 1. The van der Waals surface area contributed by atoms with Crippen molar-refractivity contribution >= 4 is 34.6 Å². The minimum atomic E-state index is -1.56. The van der Waals surface area contributed by atoms with Crippen molar-refractivity contribution in [2.75, 3.05) is 38.2 Å². The highest BCUT2D eigenvalue weighted by Gasteiger charge is 2.48. The van der Waals surface area contributed by atoms with E-state index in [1.807, 2.05) is 49.5 Å². The van der Waals surface area contributed by atoms with Gasteiger partial charge in [-0.15, -0.1) is 0 Å². The van der Waals surface area contributed by atoms with Gasteiger partial charge in [-0.05, 0) is 123 Å². The molecule has 2 aromatic carbocycles. The lowest BCUT2D eigenvalue weighted by Gasteiger charge is -2.51. The maximum Gasteiger partial charge on any atom is 0.292 e. The molecule has 1 unspecified atom stereocenters. The topological polar surface area (TPSA) is 110 Å². The monoisotopic (exact) mass is 748 g/mol. The van der Waals surface area contributed by atoms with Crippen LogP contribution in [0.25, 0.3) is 0 Å². The van der Waals surface area contributed by atoms with E-state index in [-0.39, 0.29) is 28.9 Å². The molecule has 4 heterocycles. The van der Waals surface area contributed by atoms with Gasteiger partial charge in [0.2, 0.25) is 5.88 Å². The molecule has 4 aliphatic rings. The Kier molecular flexibility index (Phi) is 11.6. The zero-order valence-electron chi connectivity index (χ0n) is 30.7. The number of halogens is 1. The van der Waals surface area contributed by atoms with Gasteiger partial charge in [-0.1, -0.05) is 31.0 Å². The summed E-state index contributed by atoms with van der Waals surface area (Å²) in [4.78, 5) is 22.8. The molecule has 1 aromatic heterocycles. The number of ether oxygens (including phenoxy) is 2. The van der Waals surface area contributed by atoms with Crippen molar-refractivity contribution in [2.45, 2.75) is 95.6 Å². The number of nitrogens with zero attached hydrogens (tertiary/aromatic N) is 3. The van der Waals surface area contributed by atoms with Gasteiger partial charge in [-0.3, -0.25) is 9.69 Å². The van der Waals surface area contributed by atoms with Gasteiger partial charge in [0.05, 0.1) is 29.8 Å². The first-order valence-corrected chi connectivity index (χ1v) is 20.7. The van der Waals surface area contributed by atoms with Crippen LogP contribution >= 0.6 is 11.6 Å². The average Bonchev–Trinajstić information content (AvgIpc) is 3.15. The molecule has 2 bridgehead atoms. The first-order valence-electron chi connectivity index (χ1n) is 19.1. The van der Waals surface area contributed by atoms with E-state index < -0.39 is 17.0 Å². The van der Waals surface area contributed by atoms with Crippen molar-refractivity contribution in [2.24, 2.45) is 17.8 Å². The number of aliphatic hydroxyl groups is 1. The zero-order chi connectivity index (χ0) is 36.4. The van der Waals surface area contributed by atoms with Crippen LogP contribution < -0.4 is 19.1 Å². The third kappa shape index (κ3) is 8.21. The number of anilines is 1. The number of rotatable bonds is 3. The molecule has 6 atom stereocenters. The zero-order valence-corrected chi connectivity index (χ0v) is 32.3. The van der Waals surface area contributed by atoms with Crippen molar-refractivity contribution in [1.82, 2.24) is 14.6 Å². The Morgan fingerprint density at radius 3 is 2.71 bits per heavy atom. The van der Waals surface area contributed by atoms with E-state index in [0.717, 1.165) is 93.8 Å². The number of methoxy groups -OCH3 is 1. The van der Waals surface area contributed by atoms with E-state index in [4.69, 9.17) is 21.1 Å². The molecule has 1 amide bonds. The van der Waals surface area contributed by atoms with Gasteiger partial charge < -0.3 is 24.0 Å². The Morgan fingerprint density at radius 2 is 1.90 bits per heavy atom. The van der Waals surface area contributed by atoms with Gasteiger partial charge in [-0.2, -0.15) is 4.72 Å². The van der Waals surface area contributed by atoms with E-state index in [9.17, 15) is 14.5 Å². The summed E-state index contributed by atoms with van der Waals surface area (Å²) in [6.45, 7) is 8.24. The standard InChI is InChI=1S/C41H53ClN4O5S/c1-27-7-6-16-41(48,26-45-18-15-31-22-43-39(50-3)21-34(31)23-45)36-13-10-32(36)24-46-17-5-4-8-29-19-35(42)12-9-33(29)25-51-38-14-11-30(20-37(38)46)40(47)44-52(49)28(27)2/h9,11-12,14,19-22,27-28,32,36,48H,4-8,10,13,15-18,23-26H2,1-3H3,(H,44,47)/t27-,28+,32-,36+,41+,52?/m0/s1. The van der Waals surface area contributed by atoms with Gasteiger partial charge in [0.15, 0.2) is 0 Å². The second-order valence-electron chi connectivity index (χ2n) is 15.6. The molecule has 1 aliphatic carbocycles. The fourth-order valence-electron chi connectivity index (χ4n) is 8.77. The van der Waals surface area contributed by atoms with Crippen LogP contribution in [0.3, 0.4) is 0 Å². The minimum Gasteiger partial charge on any atom is -0.593 e. The van der Waals surface area contributed by atoms with E-state index in [2.05, 4.69) is 26.4 Å². The third-order valence-electron chi connectivity index (χ3n) is 12.3. The predicted octanol–water partition coefficient (Wildman–Crippen LogP) is 6.88. The number of aryl methyl sites for hydroxylation is 1. The predicted molar refractivity (Wildman–Crippen MR) is 206 cm³/mol. The van der Waals surface area contributed by atoms with Crippen LogP contribution in [0.4, 0.5) is 5.69 Å². The van der Waals surface area contributed by atoms with Gasteiger partial charge in [-0.25, -0.2) is 4.98 Å². The summed E-state index contributed by atoms with van der Waals surface area (Å²) < 4.78 is 28.3. The number of aromatic nitrogens is 1. The smallest absolute Gasteiger partial charge is 0.292 e. The molecular formula is C41H53ClN4O5S. The number of carbonyl (C=O) groups excluding carboxylic acids is 1. The number of pyridine rings is 1. The summed E-state index contributed by atoms with van der Waals surface area (Å²) in [5.41, 5.74) is 5.24. The maximum absolute atomic E-state index is 13.6. The summed E-state index contributed by atoms with van der Waals surface area (Å²) in [6, 6.07) is 13.6. The lowest BCUT2D eigenvalue weighted by atomic mass is 9.62. The Labute approximate surface area is 316 Å². The normalized spacial score (nSPS) is 28.8. The third-order valence-corrected chi connectivity index (χ3v) is 14.0. The number of hydrogen-bond donors (Lipinski definition) is 2. The highest BCUT2D eigenvalue weighted by molar-refractivity contribution is 7.90. The molecule has 0 spiro atoms. The van der Waals surface area contributed by atoms with Crippen LogP contribution in [-0.4, -0.2) is 69.6 Å². The largest absolute Gasteiger partial charge is 0.593 e. The molecule has 280 valence electrons. The van der Waals surface area contributed by atoms with Crippen LogP contribution in [-0.2, 0) is 37.4 Å². The van der Waals surface area contributed by atoms with E-state index in [0.29, 0.717) is 36.8 Å². The first kappa shape index (κ1) is 37.3. The number of nitrogens with one attached hydrogen (secondary N) is 1. The fourth-order valence-corrected chi connectivity index (χ4v) is 10.0. The van der Waals surface area contributed by atoms with Gasteiger partial charge in [0.1, 0.15) is 17.6 Å². The van der Waals surface area contributed by atoms with Crippen LogP contribution in [0.1, 0.15) is 91.4 Å². The van der Waals surface area contributed by atoms with Gasteiger partial charge in [0, 0.05) is 61.5 Å². The average molecular weight is 749 g/mol. The molecule has 52 heavy (non-hydrogen) atoms. The summed E-state index contributed by atoms with van der Waals surface area (Å²) in [5.74, 6) is 1.52. The Hall–Kier alpha value is -3.02. The molecule has 0 saturated heterocycles. The molecule has 3 aliphatic heterocycles.